The third-order valence-electron chi connectivity index (χ3n) is 4.36. The third-order valence-corrected chi connectivity index (χ3v) is 4.36. The molecule has 1 aliphatic heterocycles. The average Bonchev–Trinajstić information content (AvgIpc) is 2.99. The van der Waals surface area contributed by atoms with Crippen LogP contribution in [0.2, 0.25) is 0 Å². The van der Waals surface area contributed by atoms with Gasteiger partial charge >= 0.3 is 0 Å². The summed E-state index contributed by atoms with van der Waals surface area (Å²) in [4.78, 5) is 12.4. The summed E-state index contributed by atoms with van der Waals surface area (Å²) in [5.41, 5.74) is 3.63. The number of nitrogens with one attached hydrogen (secondary N) is 1. The minimum Gasteiger partial charge on any atom is -0.495 e. The number of carbonyl (C=O) groups excluding carboxylic acids is 1. The molecule has 0 aromatic heterocycles. The Bertz CT molecular complexity index is 873. The van der Waals surface area contributed by atoms with Gasteiger partial charge in [-0.25, -0.2) is 0 Å². The first kappa shape index (κ1) is 18.8. The van der Waals surface area contributed by atoms with Crippen LogP contribution in [0, 0.1) is 6.92 Å². The number of hydrogen-bond donors (Lipinski definition) is 1. The number of rotatable bonds is 6. The Morgan fingerprint density at radius 1 is 1.30 bits per heavy atom. The van der Waals surface area contributed by atoms with Crippen molar-refractivity contribution in [3.05, 3.63) is 53.1 Å². The van der Waals surface area contributed by atoms with Crippen LogP contribution >= 0.6 is 0 Å². The van der Waals surface area contributed by atoms with E-state index in [1.165, 1.54) is 6.08 Å². The first-order chi connectivity index (χ1) is 13.0. The van der Waals surface area contributed by atoms with Crippen molar-refractivity contribution in [1.29, 1.82) is 0 Å². The molecule has 0 aliphatic carbocycles. The highest BCUT2D eigenvalue weighted by atomic mass is 16.5. The van der Waals surface area contributed by atoms with Gasteiger partial charge in [-0.1, -0.05) is 6.07 Å². The molecule has 0 unspecified atom stereocenters. The molecule has 3 rings (SSSR count). The lowest BCUT2D eigenvalue weighted by atomic mass is 10.1. The molecule has 1 atom stereocenters. The number of amides is 1. The molecule has 5 nitrogen and oxygen atoms in total. The summed E-state index contributed by atoms with van der Waals surface area (Å²) in [5, 5.41) is 2.86. The Morgan fingerprint density at radius 3 is 2.85 bits per heavy atom. The molecule has 1 aliphatic rings. The SMILES string of the molecule is CCOc1cc2c(cc1/C=C/C(=O)Nc1cc(C)ccc1OC)O[C@H](C)C2. The van der Waals surface area contributed by atoms with E-state index in [4.69, 9.17) is 14.2 Å². The van der Waals surface area contributed by atoms with Gasteiger partial charge in [0.2, 0.25) is 5.91 Å². The van der Waals surface area contributed by atoms with Gasteiger partial charge in [0.15, 0.2) is 0 Å². The highest BCUT2D eigenvalue weighted by Crippen LogP contribution is 2.35. The van der Waals surface area contributed by atoms with Gasteiger partial charge in [0, 0.05) is 23.6 Å². The second-order valence-electron chi connectivity index (χ2n) is 6.59. The lowest BCUT2D eigenvalue weighted by molar-refractivity contribution is -0.111. The van der Waals surface area contributed by atoms with Gasteiger partial charge in [0.05, 0.1) is 19.4 Å². The van der Waals surface area contributed by atoms with Crippen LogP contribution in [0.5, 0.6) is 17.2 Å². The van der Waals surface area contributed by atoms with E-state index in [0.717, 1.165) is 34.6 Å². The van der Waals surface area contributed by atoms with Gasteiger partial charge in [-0.2, -0.15) is 0 Å². The van der Waals surface area contributed by atoms with Gasteiger partial charge in [0.25, 0.3) is 0 Å². The number of ether oxygens (including phenoxy) is 3. The Labute approximate surface area is 159 Å². The zero-order valence-corrected chi connectivity index (χ0v) is 16.2. The maximum Gasteiger partial charge on any atom is 0.248 e. The van der Waals surface area contributed by atoms with Crippen LogP contribution in [-0.4, -0.2) is 25.7 Å². The van der Waals surface area contributed by atoms with E-state index in [1.54, 1.807) is 13.2 Å². The van der Waals surface area contributed by atoms with Crippen LogP contribution in [0.3, 0.4) is 0 Å². The van der Waals surface area contributed by atoms with E-state index in [1.807, 2.05) is 51.1 Å². The normalized spacial score (nSPS) is 15.3. The van der Waals surface area contributed by atoms with E-state index < -0.39 is 0 Å². The largest absolute Gasteiger partial charge is 0.495 e. The van der Waals surface area contributed by atoms with Gasteiger partial charge < -0.3 is 19.5 Å². The molecule has 2 aromatic rings. The molecule has 2 aromatic carbocycles. The maximum absolute atomic E-state index is 12.4. The van der Waals surface area contributed by atoms with Gasteiger partial charge in [-0.05, 0) is 56.7 Å². The molecule has 27 heavy (non-hydrogen) atoms. The zero-order valence-electron chi connectivity index (χ0n) is 16.2. The molecular weight excluding hydrogens is 342 g/mol. The fourth-order valence-corrected chi connectivity index (χ4v) is 3.13. The molecule has 0 spiro atoms. The van der Waals surface area contributed by atoms with Crippen molar-refractivity contribution >= 4 is 17.7 Å². The van der Waals surface area contributed by atoms with Crippen LogP contribution in [0.15, 0.2) is 36.4 Å². The first-order valence-electron chi connectivity index (χ1n) is 9.10. The van der Waals surface area contributed by atoms with E-state index in [9.17, 15) is 4.79 Å². The number of carbonyl (C=O) groups is 1. The van der Waals surface area contributed by atoms with Crippen molar-refractivity contribution in [2.24, 2.45) is 0 Å². The van der Waals surface area contributed by atoms with Gasteiger partial charge in [-0.3, -0.25) is 4.79 Å². The van der Waals surface area contributed by atoms with E-state index in [2.05, 4.69) is 5.32 Å². The van der Waals surface area contributed by atoms with Crippen LogP contribution in [-0.2, 0) is 11.2 Å². The van der Waals surface area contributed by atoms with Crippen LogP contribution in [0.1, 0.15) is 30.5 Å². The number of benzene rings is 2. The van der Waals surface area contributed by atoms with Crippen LogP contribution < -0.4 is 19.5 Å². The monoisotopic (exact) mass is 367 g/mol. The Morgan fingerprint density at radius 2 is 2.11 bits per heavy atom. The summed E-state index contributed by atoms with van der Waals surface area (Å²) in [6.07, 6.45) is 4.26. The van der Waals surface area contributed by atoms with Crippen molar-refractivity contribution < 1.29 is 19.0 Å². The van der Waals surface area contributed by atoms with E-state index >= 15 is 0 Å². The molecular formula is C22H25NO4. The summed E-state index contributed by atoms with van der Waals surface area (Å²) >= 11 is 0. The number of hydrogen-bond acceptors (Lipinski definition) is 4. The fourth-order valence-electron chi connectivity index (χ4n) is 3.13. The summed E-state index contributed by atoms with van der Waals surface area (Å²) in [6.45, 7) is 6.50. The first-order valence-corrected chi connectivity index (χ1v) is 9.10. The number of anilines is 1. The van der Waals surface area contributed by atoms with Crippen molar-refractivity contribution in [3.63, 3.8) is 0 Å². The molecule has 1 amide bonds. The number of methoxy groups -OCH3 is 1. The second-order valence-corrected chi connectivity index (χ2v) is 6.59. The molecule has 1 heterocycles. The highest BCUT2D eigenvalue weighted by Gasteiger charge is 2.21. The van der Waals surface area contributed by atoms with Crippen molar-refractivity contribution in [2.75, 3.05) is 19.0 Å². The minimum absolute atomic E-state index is 0.158. The molecule has 0 saturated carbocycles. The highest BCUT2D eigenvalue weighted by molar-refractivity contribution is 6.03. The molecule has 0 saturated heterocycles. The molecule has 142 valence electrons. The average molecular weight is 367 g/mol. The fraction of sp³-hybridized carbons (Fsp3) is 0.318. The molecule has 5 heteroatoms. The Balaban J connectivity index is 1.80. The van der Waals surface area contributed by atoms with E-state index in [0.29, 0.717) is 18.0 Å². The summed E-state index contributed by atoms with van der Waals surface area (Å²) in [6, 6.07) is 9.58. The van der Waals surface area contributed by atoms with Gasteiger partial charge in [-0.15, -0.1) is 0 Å². The van der Waals surface area contributed by atoms with Crippen LogP contribution in [0.25, 0.3) is 6.08 Å². The minimum atomic E-state index is -0.240. The molecule has 0 bridgehead atoms. The van der Waals surface area contributed by atoms with Crippen molar-refractivity contribution in [1.82, 2.24) is 0 Å². The quantitative estimate of drug-likeness (QED) is 0.770. The third kappa shape index (κ3) is 4.42. The van der Waals surface area contributed by atoms with Gasteiger partial charge in [0.1, 0.15) is 23.4 Å². The standard InChI is InChI=1S/C22H25NO4/c1-5-26-20-13-17-11-15(3)27-21(17)12-16(20)7-9-22(24)23-18-10-14(2)6-8-19(18)25-4/h6-10,12-13,15H,5,11H2,1-4H3,(H,23,24)/b9-7+/t15-/m1/s1. The maximum atomic E-state index is 12.4. The predicted octanol–water partition coefficient (Wildman–Crippen LogP) is 4.38. The predicted molar refractivity (Wildman–Crippen MR) is 107 cm³/mol. The second kappa shape index (κ2) is 8.16. The lowest BCUT2D eigenvalue weighted by Crippen LogP contribution is -2.09. The molecule has 1 N–H and O–H groups in total. The Hall–Kier alpha value is -2.95. The summed E-state index contributed by atoms with van der Waals surface area (Å²) in [7, 11) is 1.58. The Kier molecular flexibility index (Phi) is 5.69. The topological polar surface area (TPSA) is 56.8 Å². The smallest absolute Gasteiger partial charge is 0.248 e. The number of fused-ring (bicyclic) bond motifs is 1. The molecule has 0 fully saturated rings. The summed E-state index contributed by atoms with van der Waals surface area (Å²) in [5.74, 6) is 1.99. The zero-order chi connectivity index (χ0) is 19.4. The van der Waals surface area contributed by atoms with Crippen LogP contribution in [0.4, 0.5) is 5.69 Å². The molecule has 0 radical (unpaired) electrons. The van der Waals surface area contributed by atoms with Crippen molar-refractivity contribution in [2.45, 2.75) is 33.3 Å². The summed E-state index contributed by atoms with van der Waals surface area (Å²) < 4.78 is 16.9. The number of aryl methyl sites for hydroxylation is 1. The van der Waals surface area contributed by atoms with E-state index in [-0.39, 0.29) is 12.0 Å². The van der Waals surface area contributed by atoms with Crippen molar-refractivity contribution in [3.8, 4) is 17.2 Å². The lowest BCUT2D eigenvalue weighted by Gasteiger charge is -2.11.